The number of carbonyl (C=O) groups excluding carboxylic acids is 1. The van der Waals surface area contributed by atoms with Gasteiger partial charge in [-0.15, -0.1) is 11.8 Å². The van der Waals surface area contributed by atoms with Crippen LogP contribution in [0.4, 0.5) is 0 Å². The van der Waals surface area contributed by atoms with Gasteiger partial charge in [-0.05, 0) is 21.3 Å². The second kappa shape index (κ2) is 2.57. The number of amides is 1. The van der Waals surface area contributed by atoms with Crippen molar-refractivity contribution in [2.24, 2.45) is 9.98 Å². The van der Waals surface area contributed by atoms with Crippen LogP contribution in [-0.2, 0) is 4.79 Å². The van der Waals surface area contributed by atoms with Gasteiger partial charge in [-0.1, -0.05) is 0 Å². The molecule has 0 saturated carbocycles. The van der Waals surface area contributed by atoms with Crippen LogP contribution in [-0.4, -0.2) is 23.2 Å². The van der Waals surface area contributed by atoms with Gasteiger partial charge in [0.15, 0.2) is 0 Å². The zero-order chi connectivity index (χ0) is 7.84. The van der Waals surface area contributed by atoms with Crippen LogP contribution in [0.15, 0.2) is 19.9 Å². The van der Waals surface area contributed by atoms with Crippen LogP contribution in [0.1, 0.15) is 0 Å². The molecule has 0 aromatic heterocycles. The number of hydrogen-bond acceptors (Lipinski definition) is 3. The van der Waals surface area contributed by atoms with Gasteiger partial charge in [0.05, 0.1) is 5.71 Å². The molecule has 0 aliphatic carbocycles. The van der Waals surface area contributed by atoms with E-state index >= 15 is 0 Å². The first-order chi connectivity index (χ1) is 5.29. The first kappa shape index (κ1) is 7.24. The molecular weight excluding hydrogens is 228 g/mol. The lowest BCUT2D eigenvalue weighted by Crippen LogP contribution is -2.25. The summed E-state index contributed by atoms with van der Waals surface area (Å²) in [6.45, 7) is 0. The third-order valence-electron chi connectivity index (χ3n) is 1.41. The van der Waals surface area contributed by atoms with Gasteiger partial charge in [-0.25, -0.2) is 9.98 Å². The minimum absolute atomic E-state index is 0.120. The Morgan fingerprint density at radius 2 is 2.45 bits per heavy atom. The van der Waals surface area contributed by atoms with Crippen molar-refractivity contribution in [2.75, 3.05) is 0 Å². The summed E-state index contributed by atoms with van der Waals surface area (Å²) in [7, 11) is 0. The molecule has 0 saturated heterocycles. The van der Waals surface area contributed by atoms with E-state index in [9.17, 15) is 4.79 Å². The molecule has 2 aliphatic heterocycles. The van der Waals surface area contributed by atoms with Crippen LogP contribution in [0, 0.1) is 0 Å². The van der Waals surface area contributed by atoms with Crippen LogP contribution >= 0.6 is 27.7 Å². The number of thioether (sulfide) groups is 1. The fourth-order valence-electron chi connectivity index (χ4n) is 0.898. The van der Waals surface area contributed by atoms with E-state index in [-0.39, 0.29) is 11.2 Å². The Bertz CT molecular complexity index is 308. The number of nitrogens with zero attached hydrogens (tertiary/aromatic N) is 2. The fraction of sp³-hybridized carbons (Fsp3) is 0.167. The van der Waals surface area contributed by atoms with E-state index in [4.69, 9.17) is 0 Å². The van der Waals surface area contributed by atoms with Crippen LogP contribution in [0.3, 0.4) is 0 Å². The monoisotopic (exact) mass is 230 g/mol. The van der Waals surface area contributed by atoms with Crippen molar-refractivity contribution in [3.05, 3.63) is 9.89 Å². The SMILES string of the molecule is O=C1N=CN=C2C(Br)=CSC12. The average Bonchev–Trinajstić information content (AvgIpc) is 2.35. The summed E-state index contributed by atoms with van der Waals surface area (Å²) in [5, 5.41) is 1.67. The van der Waals surface area contributed by atoms with Crippen molar-refractivity contribution >= 4 is 45.6 Å². The van der Waals surface area contributed by atoms with Gasteiger partial charge in [-0.3, -0.25) is 4.79 Å². The number of halogens is 1. The average molecular weight is 231 g/mol. The van der Waals surface area contributed by atoms with E-state index in [0.717, 1.165) is 10.2 Å². The van der Waals surface area contributed by atoms with Crippen LogP contribution in [0.2, 0.25) is 0 Å². The second-order valence-electron chi connectivity index (χ2n) is 2.08. The van der Waals surface area contributed by atoms with Crippen LogP contribution < -0.4 is 0 Å². The molecule has 0 aromatic rings. The molecule has 2 aliphatic rings. The van der Waals surface area contributed by atoms with Gasteiger partial charge in [0, 0.05) is 4.48 Å². The maximum Gasteiger partial charge on any atom is 0.266 e. The second-order valence-corrected chi connectivity index (χ2v) is 3.91. The molecule has 0 radical (unpaired) electrons. The Labute approximate surface area is 75.8 Å². The maximum absolute atomic E-state index is 11.1. The van der Waals surface area contributed by atoms with Crippen molar-refractivity contribution in [3.8, 4) is 0 Å². The van der Waals surface area contributed by atoms with E-state index in [1.54, 1.807) is 0 Å². The molecule has 5 heteroatoms. The van der Waals surface area contributed by atoms with E-state index < -0.39 is 0 Å². The first-order valence-corrected chi connectivity index (χ1v) is 4.68. The number of fused-ring (bicyclic) bond motifs is 1. The Hall–Kier alpha value is -0.420. The molecule has 11 heavy (non-hydrogen) atoms. The van der Waals surface area contributed by atoms with E-state index in [1.165, 1.54) is 18.1 Å². The van der Waals surface area contributed by atoms with Crippen molar-refractivity contribution in [1.29, 1.82) is 0 Å². The molecule has 0 N–H and O–H groups in total. The van der Waals surface area contributed by atoms with Crippen molar-refractivity contribution in [3.63, 3.8) is 0 Å². The van der Waals surface area contributed by atoms with Crippen molar-refractivity contribution in [2.45, 2.75) is 5.25 Å². The van der Waals surface area contributed by atoms with Gasteiger partial charge >= 0.3 is 0 Å². The van der Waals surface area contributed by atoms with Crippen LogP contribution in [0.5, 0.6) is 0 Å². The summed E-state index contributed by atoms with van der Waals surface area (Å²) in [6.07, 6.45) is 1.30. The molecule has 3 nitrogen and oxygen atoms in total. The standard InChI is InChI=1S/C6H3BrN2OS/c7-3-1-11-5-4(3)8-2-9-6(5)10/h1-2,5H. The lowest BCUT2D eigenvalue weighted by molar-refractivity contribution is -0.116. The normalized spacial score (nSPS) is 28.1. The predicted octanol–water partition coefficient (Wildman–Crippen LogP) is 1.35. The summed E-state index contributed by atoms with van der Waals surface area (Å²) in [5.41, 5.74) is 0.787. The Kier molecular flexibility index (Phi) is 1.69. The third kappa shape index (κ3) is 1.08. The topological polar surface area (TPSA) is 41.8 Å². The fourth-order valence-corrected chi connectivity index (χ4v) is 2.57. The molecule has 2 rings (SSSR count). The summed E-state index contributed by atoms with van der Waals surface area (Å²) in [5.74, 6) is -0.120. The smallest absolute Gasteiger partial charge is 0.266 e. The summed E-state index contributed by atoms with van der Waals surface area (Å²) >= 11 is 4.74. The number of hydrogen-bond donors (Lipinski definition) is 0. The molecule has 0 spiro atoms. The predicted molar refractivity (Wildman–Crippen MR) is 49.3 cm³/mol. The summed E-state index contributed by atoms with van der Waals surface area (Å²) < 4.78 is 0.895. The molecule has 1 unspecified atom stereocenters. The van der Waals surface area contributed by atoms with E-state index in [2.05, 4.69) is 25.9 Å². The molecule has 0 bridgehead atoms. The highest BCUT2D eigenvalue weighted by Gasteiger charge is 2.32. The minimum Gasteiger partial charge on any atom is -0.271 e. The maximum atomic E-state index is 11.1. The summed E-state index contributed by atoms with van der Waals surface area (Å²) in [6, 6.07) is 0. The highest BCUT2D eigenvalue weighted by Crippen LogP contribution is 2.33. The zero-order valence-corrected chi connectivity index (χ0v) is 7.72. The van der Waals surface area contributed by atoms with Crippen molar-refractivity contribution < 1.29 is 4.79 Å². The quantitative estimate of drug-likeness (QED) is 0.631. The highest BCUT2D eigenvalue weighted by molar-refractivity contribution is 9.12. The molecule has 1 atom stereocenters. The lowest BCUT2D eigenvalue weighted by Gasteiger charge is -2.08. The number of aliphatic imine (C=N–C) groups is 2. The molecule has 0 fully saturated rings. The van der Waals surface area contributed by atoms with Gasteiger partial charge in [0.1, 0.15) is 11.6 Å². The lowest BCUT2D eigenvalue weighted by atomic mass is 10.2. The molecule has 2 heterocycles. The molecule has 56 valence electrons. The van der Waals surface area contributed by atoms with Gasteiger partial charge < -0.3 is 0 Å². The molecule has 1 amide bonds. The number of allylic oxidation sites excluding steroid dienone is 1. The first-order valence-electron chi connectivity index (χ1n) is 2.94. The minimum atomic E-state index is -0.200. The zero-order valence-electron chi connectivity index (χ0n) is 5.32. The van der Waals surface area contributed by atoms with E-state index in [1.807, 2.05) is 5.41 Å². The molecule has 0 aromatic carbocycles. The highest BCUT2D eigenvalue weighted by atomic mass is 79.9. The number of carbonyl (C=O) groups is 1. The number of rotatable bonds is 0. The Morgan fingerprint density at radius 1 is 1.64 bits per heavy atom. The van der Waals surface area contributed by atoms with E-state index in [0.29, 0.717) is 0 Å². The third-order valence-corrected chi connectivity index (χ3v) is 3.41. The molecular formula is C6H3BrN2OS. The van der Waals surface area contributed by atoms with Gasteiger partial charge in [0.25, 0.3) is 5.91 Å². The Balaban J connectivity index is 2.42. The van der Waals surface area contributed by atoms with Gasteiger partial charge in [-0.2, -0.15) is 0 Å². The van der Waals surface area contributed by atoms with Crippen LogP contribution in [0.25, 0.3) is 0 Å². The summed E-state index contributed by atoms with van der Waals surface area (Å²) in [4.78, 5) is 18.6. The largest absolute Gasteiger partial charge is 0.271 e. The van der Waals surface area contributed by atoms with Crippen molar-refractivity contribution in [1.82, 2.24) is 0 Å². The Morgan fingerprint density at radius 3 is 3.18 bits per heavy atom. The van der Waals surface area contributed by atoms with Gasteiger partial charge in [0.2, 0.25) is 0 Å².